The number of carbonyl (C=O) groups excluding carboxylic acids is 1. The van der Waals surface area contributed by atoms with Gasteiger partial charge in [0.2, 0.25) is 5.91 Å². The number of alkyl halides is 1. The summed E-state index contributed by atoms with van der Waals surface area (Å²) < 4.78 is 5.51. The second-order valence-corrected chi connectivity index (χ2v) is 4.27. The molecule has 0 aromatic rings. The molecule has 0 bridgehead atoms. The van der Waals surface area contributed by atoms with Gasteiger partial charge in [0, 0.05) is 13.1 Å². The molecule has 0 spiro atoms. The third-order valence-corrected chi connectivity index (χ3v) is 2.26. The topological polar surface area (TPSA) is 29.5 Å². The predicted octanol–water partition coefficient (Wildman–Crippen LogP) is 1.25. The summed E-state index contributed by atoms with van der Waals surface area (Å²) in [6, 6.07) is 0. The van der Waals surface area contributed by atoms with Crippen LogP contribution in [0.3, 0.4) is 0 Å². The minimum absolute atomic E-state index is 0.00340. The van der Waals surface area contributed by atoms with Crippen LogP contribution in [0.25, 0.3) is 0 Å². The highest BCUT2D eigenvalue weighted by atomic mass is 35.5. The Labute approximate surface area is 84.0 Å². The maximum atomic E-state index is 11.5. The number of hydrogen-bond acceptors (Lipinski definition) is 2. The van der Waals surface area contributed by atoms with Gasteiger partial charge in [-0.05, 0) is 20.8 Å². The summed E-state index contributed by atoms with van der Waals surface area (Å²) in [5.74, 6) is 0.00340. The number of carbonyl (C=O) groups is 1. The van der Waals surface area contributed by atoms with Crippen molar-refractivity contribution in [3.05, 3.63) is 0 Å². The van der Waals surface area contributed by atoms with Crippen molar-refractivity contribution in [3.8, 4) is 0 Å². The van der Waals surface area contributed by atoms with Crippen molar-refractivity contribution in [1.29, 1.82) is 0 Å². The van der Waals surface area contributed by atoms with E-state index in [1.165, 1.54) is 0 Å². The van der Waals surface area contributed by atoms with E-state index < -0.39 is 5.38 Å². The zero-order chi connectivity index (χ0) is 10.0. The fourth-order valence-corrected chi connectivity index (χ4v) is 1.75. The number of morpholine rings is 1. The summed E-state index contributed by atoms with van der Waals surface area (Å²) in [6.45, 7) is 6.94. The molecule has 1 rings (SSSR count). The fourth-order valence-electron chi connectivity index (χ4n) is 1.61. The molecule has 1 aliphatic heterocycles. The standard InChI is InChI=1S/C9H16ClNO2/c1-6-4-11(5-7(2)13-6)9(12)8(3)10/h6-8H,4-5H2,1-3H3/t6-,7-,8+/m1/s1. The monoisotopic (exact) mass is 205 g/mol. The third kappa shape index (κ3) is 2.85. The number of hydrogen-bond donors (Lipinski definition) is 0. The van der Waals surface area contributed by atoms with Crippen molar-refractivity contribution in [2.24, 2.45) is 0 Å². The zero-order valence-corrected chi connectivity index (χ0v) is 9.04. The molecule has 3 atom stereocenters. The lowest BCUT2D eigenvalue weighted by Gasteiger charge is -2.35. The molecule has 13 heavy (non-hydrogen) atoms. The number of amides is 1. The molecule has 0 saturated carbocycles. The Balaban J connectivity index is 2.55. The van der Waals surface area contributed by atoms with Gasteiger partial charge in [-0.1, -0.05) is 0 Å². The highest BCUT2D eigenvalue weighted by Gasteiger charge is 2.27. The van der Waals surface area contributed by atoms with Crippen LogP contribution in [0.5, 0.6) is 0 Å². The average molecular weight is 206 g/mol. The van der Waals surface area contributed by atoms with E-state index in [0.717, 1.165) is 0 Å². The highest BCUT2D eigenvalue weighted by molar-refractivity contribution is 6.30. The molecule has 1 saturated heterocycles. The summed E-state index contributed by atoms with van der Waals surface area (Å²) >= 11 is 5.72. The van der Waals surface area contributed by atoms with E-state index in [0.29, 0.717) is 13.1 Å². The van der Waals surface area contributed by atoms with Gasteiger partial charge in [-0.25, -0.2) is 0 Å². The van der Waals surface area contributed by atoms with Gasteiger partial charge < -0.3 is 9.64 Å². The van der Waals surface area contributed by atoms with Gasteiger partial charge in [-0.3, -0.25) is 4.79 Å². The van der Waals surface area contributed by atoms with Gasteiger partial charge >= 0.3 is 0 Å². The molecule has 1 heterocycles. The Kier molecular flexibility index (Phi) is 3.56. The lowest BCUT2D eigenvalue weighted by molar-refractivity contribution is -0.142. The normalized spacial score (nSPS) is 31.5. The van der Waals surface area contributed by atoms with Crippen LogP contribution in [0.2, 0.25) is 0 Å². The highest BCUT2D eigenvalue weighted by Crippen LogP contribution is 2.13. The number of rotatable bonds is 1. The summed E-state index contributed by atoms with van der Waals surface area (Å²) in [5, 5.41) is -0.433. The number of ether oxygens (including phenoxy) is 1. The van der Waals surface area contributed by atoms with Crippen LogP contribution in [0.1, 0.15) is 20.8 Å². The van der Waals surface area contributed by atoms with E-state index in [2.05, 4.69) is 0 Å². The van der Waals surface area contributed by atoms with Crippen molar-refractivity contribution in [1.82, 2.24) is 4.90 Å². The van der Waals surface area contributed by atoms with Gasteiger partial charge in [0.05, 0.1) is 12.2 Å². The van der Waals surface area contributed by atoms with E-state index >= 15 is 0 Å². The van der Waals surface area contributed by atoms with Gasteiger partial charge in [0.25, 0.3) is 0 Å². The van der Waals surface area contributed by atoms with Gasteiger partial charge in [0.1, 0.15) is 5.38 Å². The van der Waals surface area contributed by atoms with Crippen molar-refractivity contribution < 1.29 is 9.53 Å². The van der Waals surface area contributed by atoms with Gasteiger partial charge in [-0.15, -0.1) is 11.6 Å². The predicted molar refractivity (Wildman–Crippen MR) is 51.9 cm³/mol. The molecule has 4 heteroatoms. The largest absolute Gasteiger partial charge is 0.372 e. The maximum Gasteiger partial charge on any atom is 0.240 e. The van der Waals surface area contributed by atoms with Crippen LogP contribution in [0, 0.1) is 0 Å². The molecule has 1 fully saturated rings. The van der Waals surface area contributed by atoms with Crippen LogP contribution in [-0.4, -0.2) is 41.5 Å². The molecule has 0 aromatic heterocycles. The molecule has 0 unspecified atom stereocenters. The Morgan fingerprint density at radius 2 is 1.92 bits per heavy atom. The summed E-state index contributed by atoms with van der Waals surface area (Å²) in [6.07, 6.45) is 0.228. The minimum atomic E-state index is -0.433. The van der Waals surface area contributed by atoms with E-state index in [1.54, 1.807) is 11.8 Å². The van der Waals surface area contributed by atoms with Crippen LogP contribution in [0.15, 0.2) is 0 Å². The van der Waals surface area contributed by atoms with Crippen LogP contribution in [-0.2, 0) is 9.53 Å². The lowest BCUT2D eigenvalue weighted by atomic mass is 10.2. The average Bonchev–Trinajstić information content (AvgIpc) is 2.01. The fraction of sp³-hybridized carbons (Fsp3) is 0.889. The Morgan fingerprint density at radius 1 is 1.46 bits per heavy atom. The second-order valence-electron chi connectivity index (χ2n) is 3.62. The van der Waals surface area contributed by atoms with Crippen molar-refractivity contribution >= 4 is 17.5 Å². The molecular weight excluding hydrogens is 190 g/mol. The Morgan fingerprint density at radius 3 is 2.31 bits per heavy atom. The zero-order valence-electron chi connectivity index (χ0n) is 8.29. The first kappa shape index (κ1) is 10.8. The minimum Gasteiger partial charge on any atom is -0.372 e. The van der Waals surface area contributed by atoms with Gasteiger partial charge in [-0.2, -0.15) is 0 Å². The van der Waals surface area contributed by atoms with Crippen molar-refractivity contribution in [3.63, 3.8) is 0 Å². The molecule has 0 aromatic carbocycles. The molecule has 1 amide bonds. The third-order valence-electron chi connectivity index (χ3n) is 2.07. The van der Waals surface area contributed by atoms with E-state index in [-0.39, 0.29) is 18.1 Å². The molecule has 0 radical (unpaired) electrons. The number of halogens is 1. The Bertz CT molecular complexity index is 186. The molecule has 0 N–H and O–H groups in total. The van der Waals surface area contributed by atoms with E-state index in [1.807, 2.05) is 13.8 Å². The summed E-state index contributed by atoms with van der Waals surface area (Å²) in [5.41, 5.74) is 0. The van der Waals surface area contributed by atoms with Crippen LogP contribution >= 0.6 is 11.6 Å². The van der Waals surface area contributed by atoms with Crippen molar-refractivity contribution in [2.45, 2.75) is 38.4 Å². The van der Waals surface area contributed by atoms with Crippen LogP contribution < -0.4 is 0 Å². The van der Waals surface area contributed by atoms with Crippen molar-refractivity contribution in [2.75, 3.05) is 13.1 Å². The maximum absolute atomic E-state index is 11.5. The SMILES string of the molecule is C[C@@H]1CN(C(=O)[C@H](C)Cl)C[C@@H](C)O1. The lowest BCUT2D eigenvalue weighted by Crippen LogP contribution is -2.50. The first-order valence-corrected chi connectivity index (χ1v) is 5.02. The first-order valence-electron chi connectivity index (χ1n) is 4.59. The summed E-state index contributed by atoms with van der Waals surface area (Å²) in [4.78, 5) is 13.3. The molecule has 0 aliphatic carbocycles. The first-order chi connectivity index (χ1) is 6.00. The van der Waals surface area contributed by atoms with Crippen LogP contribution in [0.4, 0.5) is 0 Å². The molecule has 1 aliphatic rings. The summed E-state index contributed by atoms with van der Waals surface area (Å²) in [7, 11) is 0. The quantitative estimate of drug-likeness (QED) is 0.603. The second kappa shape index (κ2) is 4.29. The molecule has 76 valence electrons. The van der Waals surface area contributed by atoms with E-state index in [4.69, 9.17) is 16.3 Å². The smallest absolute Gasteiger partial charge is 0.240 e. The molecule has 3 nitrogen and oxygen atoms in total. The number of nitrogens with zero attached hydrogens (tertiary/aromatic N) is 1. The van der Waals surface area contributed by atoms with E-state index in [9.17, 15) is 4.79 Å². The Hall–Kier alpha value is -0.280. The van der Waals surface area contributed by atoms with Gasteiger partial charge in [0.15, 0.2) is 0 Å². The molecular formula is C9H16ClNO2.